The van der Waals surface area contributed by atoms with Crippen LogP contribution in [0, 0.1) is 0 Å². The maximum absolute atomic E-state index is 13.7. The lowest BCUT2D eigenvalue weighted by atomic mass is 9.92. The molecule has 0 radical (unpaired) electrons. The number of benzene rings is 3. The van der Waals surface area contributed by atoms with Gasteiger partial charge in [-0.25, -0.2) is 0 Å². The first-order chi connectivity index (χ1) is 14.0. The second kappa shape index (κ2) is 6.46. The molecule has 3 aromatic rings. The van der Waals surface area contributed by atoms with Crippen LogP contribution in [0.25, 0.3) is 0 Å². The molecule has 0 aliphatic carbocycles. The molecule has 29 heavy (non-hydrogen) atoms. The van der Waals surface area contributed by atoms with Gasteiger partial charge in [0.15, 0.2) is 0 Å². The van der Waals surface area contributed by atoms with Crippen LogP contribution < -0.4 is 15.5 Å². The molecular formula is C23H18BrN3O2. The fraction of sp³-hybridized carbons (Fsp3) is 0.130. The first-order valence-corrected chi connectivity index (χ1v) is 10.3. The maximum Gasteiger partial charge on any atom is 0.276 e. The topological polar surface area (TPSA) is 61.4 Å². The summed E-state index contributed by atoms with van der Waals surface area (Å²) in [4.78, 5) is 28.6. The molecule has 5 nitrogen and oxygen atoms in total. The number of hydrogen-bond donors (Lipinski definition) is 2. The first-order valence-electron chi connectivity index (χ1n) is 9.47. The van der Waals surface area contributed by atoms with Crippen LogP contribution in [0.4, 0.5) is 17.1 Å². The number of carbonyl (C=O) groups excluding carboxylic acids is 2. The summed E-state index contributed by atoms with van der Waals surface area (Å²) in [5.41, 5.74) is 3.04. The van der Waals surface area contributed by atoms with Gasteiger partial charge in [0.1, 0.15) is 0 Å². The van der Waals surface area contributed by atoms with Gasteiger partial charge in [0.05, 0.1) is 5.56 Å². The zero-order chi connectivity index (χ0) is 20.2. The van der Waals surface area contributed by atoms with Crippen molar-refractivity contribution in [3.05, 3.63) is 87.9 Å². The first kappa shape index (κ1) is 17.9. The summed E-state index contributed by atoms with van der Waals surface area (Å²) in [7, 11) is 0. The Balaban J connectivity index is 1.79. The molecule has 2 aliphatic rings. The van der Waals surface area contributed by atoms with E-state index in [1.165, 1.54) is 5.56 Å². The number of hydrogen-bond acceptors (Lipinski definition) is 3. The van der Waals surface area contributed by atoms with E-state index in [0.29, 0.717) is 28.2 Å². The highest BCUT2D eigenvalue weighted by molar-refractivity contribution is 9.10. The average Bonchev–Trinajstić information content (AvgIpc) is 3.00. The minimum atomic E-state index is -1.36. The van der Waals surface area contributed by atoms with Crippen LogP contribution in [0.2, 0.25) is 0 Å². The van der Waals surface area contributed by atoms with Crippen molar-refractivity contribution in [2.45, 2.75) is 19.0 Å². The van der Waals surface area contributed by atoms with Gasteiger partial charge in [-0.3, -0.25) is 14.5 Å². The highest BCUT2D eigenvalue weighted by Crippen LogP contribution is 2.47. The van der Waals surface area contributed by atoms with Crippen molar-refractivity contribution >= 4 is 44.8 Å². The normalized spacial score (nSPS) is 19.6. The second-order valence-corrected chi connectivity index (χ2v) is 8.10. The summed E-state index contributed by atoms with van der Waals surface area (Å²) in [6.07, 6.45) is 0.900. The van der Waals surface area contributed by atoms with E-state index >= 15 is 0 Å². The lowest BCUT2D eigenvalue weighted by molar-refractivity contribution is -0.119. The third-order valence-corrected chi connectivity index (χ3v) is 6.06. The van der Waals surface area contributed by atoms with E-state index in [1.54, 1.807) is 11.0 Å². The van der Waals surface area contributed by atoms with Crippen LogP contribution in [0.3, 0.4) is 0 Å². The predicted molar refractivity (Wildman–Crippen MR) is 117 cm³/mol. The lowest BCUT2D eigenvalue weighted by Gasteiger charge is -2.44. The highest BCUT2D eigenvalue weighted by atomic mass is 79.9. The minimum Gasteiger partial charge on any atom is -0.350 e. The van der Waals surface area contributed by atoms with E-state index in [4.69, 9.17) is 0 Å². The number of amides is 2. The van der Waals surface area contributed by atoms with Crippen molar-refractivity contribution < 1.29 is 9.59 Å². The molecule has 0 aromatic heterocycles. The van der Waals surface area contributed by atoms with Crippen LogP contribution in [-0.4, -0.2) is 11.8 Å². The van der Waals surface area contributed by atoms with Crippen LogP contribution in [0.15, 0.2) is 71.2 Å². The van der Waals surface area contributed by atoms with Crippen LogP contribution >= 0.6 is 15.9 Å². The summed E-state index contributed by atoms with van der Waals surface area (Å²) in [5.74, 6) is -0.500. The van der Waals surface area contributed by atoms with Gasteiger partial charge >= 0.3 is 0 Å². The van der Waals surface area contributed by atoms with Gasteiger partial charge in [0, 0.05) is 27.1 Å². The molecule has 3 aromatic carbocycles. The van der Waals surface area contributed by atoms with Crippen molar-refractivity contribution in [2.24, 2.45) is 0 Å². The SMILES string of the molecule is CCc1ccc(N2C(=O)c3ccccc3N[C@@]23C(=O)Nc2ccc(Br)cc23)cc1. The summed E-state index contributed by atoms with van der Waals surface area (Å²) >= 11 is 3.51. The molecule has 6 heteroatoms. The van der Waals surface area contributed by atoms with Gasteiger partial charge in [-0.2, -0.15) is 0 Å². The molecule has 0 saturated heterocycles. The number of halogens is 1. The summed E-state index contributed by atoms with van der Waals surface area (Å²) in [5, 5.41) is 6.33. The molecule has 2 N–H and O–H groups in total. The molecule has 0 saturated carbocycles. The van der Waals surface area contributed by atoms with Crippen molar-refractivity contribution in [1.29, 1.82) is 0 Å². The van der Waals surface area contributed by atoms with Crippen molar-refractivity contribution in [3.63, 3.8) is 0 Å². The van der Waals surface area contributed by atoms with Gasteiger partial charge in [0.25, 0.3) is 11.8 Å². The third kappa shape index (κ3) is 2.52. The van der Waals surface area contributed by atoms with Gasteiger partial charge in [-0.1, -0.05) is 47.1 Å². The Labute approximate surface area is 176 Å². The van der Waals surface area contributed by atoms with Crippen LogP contribution in [-0.2, 0) is 16.9 Å². The van der Waals surface area contributed by atoms with E-state index in [2.05, 4.69) is 33.5 Å². The van der Waals surface area contributed by atoms with Gasteiger partial charge in [-0.15, -0.1) is 0 Å². The Hall–Kier alpha value is -3.12. The minimum absolute atomic E-state index is 0.216. The van der Waals surface area contributed by atoms with E-state index in [9.17, 15) is 9.59 Å². The highest BCUT2D eigenvalue weighted by Gasteiger charge is 2.57. The van der Waals surface area contributed by atoms with Crippen molar-refractivity contribution in [1.82, 2.24) is 0 Å². The number of nitrogens with one attached hydrogen (secondary N) is 2. The van der Waals surface area contributed by atoms with E-state index in [1.807, 2.05) is 60.7 Å². The van der Waals surface area contributed by atoms with Crippen molar-refractivity contribution in [3.8, 4) is 0 Å². The van der Waals surface area contributed by atoms with Crippen LogP contribution in [0.5, 0.6) is 0 Å². The molecule has 1 spiro atoms. The molecule has 0 fully saturated rings. The Morgan fingerprint density at radius 3 is 2.48 bits per heavy atom. The molecule has 144 valence electrons. The predicted octanol–water partition coefficient (Wildman–Crippen LogP) is 4.89. The molecule has 2 heterocycles. The number of fused-ring (bicyclic) bond motifs is 3. The molecule has 0 bridgehead atoms. The Morgan fingerprint density at radius 1 is 0.966 bits per heavy atom. The molecule has 2 amide bonds. The van der Waals surface area contributed by atoms with E-state index < -0.39 is 5.66 Å². The second-order valence-electron chi connectivity index (χ2n) is 7.19. The lowest BCUT2D eigenvalue weighted by Crippen LogP contribution is -2.61. The average molecular weight is 448 g/mol. The number of aryl methyl sites for hydroxylation is 1. The number of rotatable bonds is 2. The summed E-state index contributed by atoms with van der Waals surface area (Å²) in [6.45, 7) is 2.08. The zero-order valence-corrected chi connectivity index (χ0v) is 17.3. The summed E-state index contributed by atoms with van der Waals surface area (Å²) < 4.78 is 0.835. The third-order valence-electron chi connectivity index (χ3n) is 5.56. The number of para-hydroxylation sites is 1. The largest absolute Gasteiger partial charge is 0.350 e. The van der Waals surface area contributed by atoms with Gasteiger partial charge in [0.2, 0.25) is 5.66 Å². The molecule has 1 atom stereocenters. The monoisotopic (exact) mass is 447 g/mol. The number of anilines is 3. The number of nitrogens with zero attached hydrogens (tertiary/aromatic N) is 1. The standard InChI is InChI=1S/C23H18BrN3O2/c1-2-14-7-10-16(11-8-14)27-21(28)17-5-3-4-6-19(17)26-23(27)18-13-15(24)9-12-20(18)25-22(23)29/h3-13,26H,2H2,1H3,(H,25,29)/t23-/m1/s1. The smallest absolute Gasteiger partial charge is 0.276 e. The Kier molecular flexibility index (Phi) is 3.99. The maximum atomic E-state index is 13.7. The molecule has 2 aliphatic heterocycles. The zero-order valence-electron chi connectivity index (χ0n) is 15.7. The summed E-state index contributed by atoms with van der Waals surface area (Å²) in [6, 6.07) is 20.7. The van der Waals surface area contributed by atoms with Gasteiger partial charge in [-0.05, 0) is 54.4 Å². The van der Waals surface area contributed by atoms with Crippen LogP contribution in [0.1, 0.15) is 28.4 Å². The van der Waals surface area contributed by atoms with E-state index in [0.717, 1.165) is 10.9 Å². The quantitative estimate of drug-likeness (QED) is 0.587. The van der Waals surface area contributed by atoms with Gasteiger partial charge < -0.3 is 10.6 Å². The fourth-order valence-corrected chi connectivity index (χ4v) is 4.46. The van der Waals surface area contributed by atoms with Crippen molar-refractivity contribution in [2.75, 3.05) is 15.5 Å². The fourth-order valence-electron chi connectivity index (χ4n) is 4.10. The molecular weight excluding hydrogens is 430 g/mol. The number of carbonyl (C=O) groups is 2. The Morgan fingerprint density at radius 2 is 1.72 bits per heavy atom. The van der Waals surface area contributed by atoms with E-state index in [-0.39, 0.29) is 11.8 Å². The molecule has 5 rings (SSSR count). The Bertz CT molecular complexity index is 1160. The molecule has 0 unspecified atom stereocenters.